The van der Waals surface area contributed by atoms with Crippen molar-refractivity contribution >= 4 is 0 Å². The number of aryl methyl sites for hydroxylation is 1. The smallest absolute Gasteiger partial charge is 0.138 e. The minimum Gasteiger partial charge on any atom is -0.314 e. The normalized spacial score (nSPS) is 28.8. The van der Waals surface area contributed by atoms with Crippen molar-refractivity contribution in [2.45, 2.75) is 52.0 Å². The lowest BCUT2D eigenvalue weighted by molar-refractivity contribution is 0.310. The lowest BCUT2D eigenvalue weighted by atomic mass is 9.84. The zero-order chi connectivity index (χ0) is 12.3. The zero-order valence-electron chi connectivity index (χ0n) is 11.2. The third-order valence-corrected chi connectivity index (χ3v) is 3.91. The van der Waals surface area contributed by atoms with E-state index in [0.29, 0.717) is 11.5 Å². The second-order valence-electron chi connectivity index (χ2n) is 5.68. The third kappa shape index (κ3) is 3.06. The number of hydrogen-bond acceptors (Lipinski definition) is 3. The quantitative estimate of drug-likeness (QED) is 0.849. The molecular weight excluding hydrogens is 212 g/mol. The fourth-order valence-electron chi connectivity index (χ4n) is 2.87. The fourth-order valence-corrected chi connectivity index (χ4v) is 2.87. The van der Waals surface area contributed by atoms with Crippen molar-refractivity contribution in [1.29, 1.82) is 0 Å². The first-order valence-electron chi connectivity index (χ1n) is 6.69. The van der Waals surface area contributed by atoms with Crippen molar-refractivity contribution in [3.8, 4) is 0 Å². The summed E-state index contributed by atoms with van der Waals surface area (Å²) in [5, 5.41) is 7.79. The topological polar surface area (TPSA) is 42.7 Å². The summed E-state index contributed by atoms with van der Waals surface area (Å²) in [7, 11) is 1.98. The third-order valence-electron chi connectivity index (χ3n) is 3.91. The first-order chi connectivity index (χ1) is 8.13. The van der Waals surface area contributed by atoms with Crippen LogP contribution in [0.1, 0.15) is 45.4 Å². The van der Waals surface area contributed by atoms with E-state index in [0.717, 1.165) is 18.8 Å². The molecule has 0 spiro atoms. The van der Waals surface area contributed by atoms with Gasteiger partial charge >= 0.3 is 0 Å². The first-order valence-corrected chi connectivity index (χ1v) is 6.69. The van der Waals surface area contributed by atoms with Gasteiger partial charge in [0.25, 0.3) is 0 Å². The largest absolute Gasteiger partial charge is 0.314 e. The number of hydrogen-bond donors (Lipinski definition) is 1. The van der Waals surface area contributed by atoms with Crippen LogP contribution in [0.5, 0.6) is 0 Å². The molecule has 1 heterocycles. The van der Waals surface area contributed by atoms with Crippen molar-refractivity contribution in [1.82, 2.24) is 20.1 Å². The van der Waals surface area contributed by atoms with Gasteiger partial charge < -0.3 is 5.32 Å². The van der Waals surface area contributed by atoms with Crippen molar-refractivity contribution in [3.63, 3.8) is 0 Å². The predicted octanol–water partition coefficient (Wildman–Crippen LogP) is 1.92. The molecule has 4 nitrogen and oxygen atoms in total. The van der Waals surface area contributed by atoms with Gasteiger partial charge in [0.05, 0.1) is 0 Å². The zero-order valence-corrected chi connectivity index (χ0v) is 11.2. The van der Waals surface area contributed by atoms with Crippen LogP contribution in [0.25, 0.3) is 0 Å². The van der Waals surface area contributed by atoms with Crippen molar-refractivity contribution in [2.24, 2.45) is 12.5 Å². The Morgan fingerprint density at radius 1 is 1.59 bits per heavy atom. The summed E-state index contributed by atoms with van der Waals surface area (Å²) >= 11 is 0. The fraction of sp³-hybridized carbons (Fsp3) is 0.846. The molecule has 17 heavy (non-hydrogen) atoms. The molecule has 0 amide bonds. The van der Waals surface area contributed by atoms with Gasteiger partial charge in [-0.1, -0.05) is 13.8 Å². The van der Waals surface area contributed by atoms with Gasteiger partial charge in [0.1, 0.15) is 12.2 Å². The minimum absolute atomic E-state index is 0.395. The lowest BCUT2D eigenvalue weighted by Crippen LogP contribution is -2.29. The molecule has 4 heteroatoms. The molecule has 2 rings (SSSR count). The molecule has 1 aromatic rings. The summed E-state index contributed by atoms with van der Waals surface area (Å²) in [6.45, 7) is 5.75. The van der Waals surface area contributed by atoms with Gasteiger partial charge in [0.2, 0.25) is 0 Å². The molecule has 0 aliphatic heterocycles. The van der Waals surface area contributed by atoms with Gasteiger partial charge in [-0.05, 0) is 37.6 Å². The molecule has 1 saturated carbocycles. The summed E-state index contributed by atoms with van der Waals surface area (Å²) in [6, 6.07) is 0.702. The summed E-state index contributed by atoms with van der Waals surface area (Å²) in [6.07, 6.45) is 7.78. The van der Waals surface area contributed by atoms with Gasteiger partial charge in [-0.15, -0.1) is 0 Å². The summed E-state index contributed by atoms with van der Waals surface area (Å²) in [5.41, 5.74) is 0.395. The van der Waals surface area contributed by atoms with Gasteiger partial charge in [-0.3, -0.25) is 4.68 Å². The lowest BCUT2D eigenvalue weighted by Gasteiger charge is -2.23. The van der Waals surface area contributed by atoms with Gasteiger partial charge in [-0.25, -0.2) is 4.98 Å². The van der Waals surface area contributed by atoms with Crippen LogP contribution in [-0.2, 0) is 13.5 Å². The maximum atomic E-state index is 4.34. The molecule has 2 unspecified atom stereocenters. The molecule has 1 aromatic heterocycles. The van der Waals surface area contributed by atoms with E-state index in [-0.39, 0.29) is 0 Å². The van der Waals surface area contributed by atoms with E-state index >= 15 is 0 Å². The Morgan fingerprint density at radius 2 is 2.41 bits per heavy atom. The van der Waals surface area contributed by atoms with Crippen LogP contribution in [0.3, 0.4) is 0 Å². The van der Waals surface area contributed by atoms with E-state index in [9.17, 15) is 0 Å². The molecule has 0 saturated heterocycles. The van der Waals surface area contributed by atoms with Crippen LogP contribution in [0.15, 0.2) is 6.33 Å². The van der Waals surface area contributed by atoms with E-state index < -0.39 is 0 Å². The average molecular weight is 236 g/mol. The molecule has 1 aliphatic rings. The molecule has 96 valence electrons. The van der Waals surface area contributed by atoms with Gasteiger partial charge in [0, 0.05) is 19.5 Å². The van der Waals surface area contributed by atoms with E-state index in [1.54, 1.807) is 6.33 Å². The molecule has 1 N–H and O–H groups in total. The molecule has 0 radical (unpaired) electrons. The summed E-state index contributed by atoms with van der Waals surface area (Å²) in [5.74, 6) is 1.11. The number of rotatable bonds is 5. The molecule has 0 aromatic carbocycles. The maximum Gasteiger partial charge on any atom is 0.138 e. The Morgan fingerprint density at radius 3 is 3.06 bits per heavy atom. The van der Waals surface area contributed by atoms with Gasteiger partial charge in [-0.2, -0.15) is 5.10 Å². The van der Waals surface area contributed by atoms with Crippen LogP contribution in [-0.4, -0.2) is 27.4 Å². The highest BCUT2D eigenvalue weighted by Gasteiger charge is 2.35. The molecule has 1 fully saturated rings. The van der Waals surface area contributed by atoms with Crippen LogP contribution in [0, 0.1) is 5.41 Å². The van der Waals surface area contributed by atoms with Gasteiger partial charge in [0.15, 0.2) is 0 Å². The Labute approximate surface area is 104 Å². The highest BCUT2D eigenvalue weighted by Crippen LogP contribution is 2.40. The second-order valence-corrected chi connectivity index (χ2v) is 5.68. The Balaban J connectivity index is 1.91. The summed E-state index contributed by atoms with van der Waals surface area (Å²) in [4.78, 5) is 4.34. The van der Waals surface area contributed by atoms with E-state index in [1.807, 2.05) is 11.7 Å². The molecule has 0 bridgehead atoms. The Bertz CT molecular complexity index is 360. The highest BCUT2D eigenvalue weighted by molar-refractivity contribution is 4.97. The first kappa shape index (κ1) is 12.6. The van der Waals surface area contributed by atoms with Crippen molar-refractivity contribution in [3.05, 3.63) is 12.2 Å². The predicted molar refractivity (Wildman–Crippen MR) is 68.7 cm³/mol. The second kappa shape index (κ2) is 5.17. The number of nitrogens with zero attached hydrogens (tertiary/aromatic N) is 3. The monoisotopic (exact) mass is 236 g/mol. The number of nitrogens with one attached hydrogen (secondary N) is 1. The molecular formula is C13H24N4. The molecule has 1 aliphatic carbocycles. The minimum atomic E-state index is 0.395. The van der Waals surface area contributed by atoms with E-state index in [4.69, 9.17) is 0 Å². The van der Waals surface area contributed by atoms with E-state index in [2.05, 4.69) is 29.2 Å². The Hall–Kier alpha value is -0.900. The van der Waals surface area contributed by atoms with Crippen LogP contribution >= 0.6 is 0 Å². The van der Waals surface area contributed by atoms with Crippen LogP contribution < -0.4 is 5.32 Å². The SMILES string of the molecule is CCCNC1CCC(C)(Cc2ncnn2C)C1. The van der Waals surface area contributed by atoms with Crippen LogP contribution in [0.4, 0.5) is 0 Å². The van der Waals surface area contributed by atoms with Crippen molar-refractivity contribution < 1.29 is 0 Å². The molecule has 2 atom stereocenters. The average Bonchev–Trinajstić information content (AvgIpc) is 2.84. The maximum absolute atomic E-state index is 4.34. The van der Waals surface area contributed by atoms with E-state index in [1.165, 1.54) is 25.7 Å². The van der Waals surface area contributed by atoms with Crippen LogP contribution in [0.2, 0.25) is 0 Å². The summed E-state index contributed by atoms with van der Waals surface area (Å²) < 4.78 is 1.90. The standard InChI is InChI=1S/C13H24N4/c1-4-7-14-11-5-6-13(2,8-11)9-12-15-10-16-17(12)3/h10-11,14H,4-9H2,1-3H3. The Kier molecular flexibility index (Phi) is 3.82. The highest BCUT2D eigenvalue weighted by atomic mass is 15.3. The van der Waals surface area contributed by atoms with Crippen molar-refractivity contribution in [2.75, 3.05) is 6.54 Å². The number of aromatic nitrogens is 3.